The number of aliphatic hydroxyl groups is 1. The highest BCUT2D eigenvalue weighted by Crippen LogP contribution is 2.60. The van der Waals surface area contributed by atoms with Crippen LogP contribution in [-0.4, -0.2) is 86.7 Å². The summed E-state index contributed by atoms with van der Waals surface area (Å²) in [6.45, 7) is -8.68. The minimum atomic E-state index is -4.12. The second-order valence-electron chi connectivity index (χ2n) is 11.2. The van der Waals surface area contributed by atoms with Crippen molar-refractivity contribution in [3.8, 4) is 0 Å². The summed E-state index contributed by atoms with van der Waals surface area (Å²) in [6.07, 6.45) is 2.56. The fourth-order valence-electron chi connectivity index (χ4n) is 6.22. The van der Waals surface area contributed by atoms with Gasteiger partial charge in [-0.2, -0.15) is 4.98 Å². The molecule has 3 aliphatic rings. The minimum absolute atomic E-state index is 0.0247. The number of aromatic nitrogens is 9. The summed E-state index contributed by atoms with van der Waals surface area (Å²) >= 11 is 8.35. The predicted octanol–water partition coefficient (Wildman–Crippen LogP) is 1.75. The van der Waals surface area contributed by atoms with E-state index in [9.17, 15) is 19.0 Å². The van der Waals surface area contributed by atoms with Crippen LogP contribution in [0.2, 0.25) is 0 Å². The molecule has 1 saturated carbocycles. The Hall–Kier alpha value is -2.84. The van der Waals surface area contributed by atoms with Crippen LogP contribution < -0.4 is 11.3 Å². The minimum Gasteiger partial charge on any atom is -0.386 e. The molecule has 2 unspecified atom stereocenters. The van der Waals surface area contributed by atoms with Gasteiger partial charge in [-0.05, 0) is 12.3 Å². The van der Waals surface area contributed by atoms with Crippen LogP contribution >= 0.6 is 38.1 Å². The average Bonchev–Trinajstić information content (AvgIpc) is 3.79. The van der Waals surface area contributed by atoms with E-state index in [1.165, 1.54) is 27.8 Å². The van der Waals surface area contributed by atoms with Crippen LogP contribution in [0.3, 0.4) is 0 Å². The summed E-state index contributed by atoms with van der Waals surface area (Å²) < 4.78 is 60.2. The molecule has 0 bridgehead atoms. The van der Waals surface area contributed by atoms with Crippen molar-refractivity contribution in [2.45, 2.75) is 37.0 Å². The van der Waals surface area contributed by atoms with Crippen molar-refractivity contribution in [1.29, 1.82) is 0 Å². The SMILES string of the molecule is Nc1ncnc2c1ncn2[C@@H]1C[C@@H]2COP(=O)(S)O[C@H]3[C@@H](O)[C@H](n4cnc5c(=O)n6cc[nH]c6nc54)O[C@@H]3COP(=O)(S)OC[C@H]21. The number of fused-ring (bicyclic) bond motifs is 5. The molecule has 2 aliphatic heterocycles. The van der Waals surface area contributed by atoms with Crippen molar-refractivity contribution < 1.29 is 37.1 Å². The molecule has 2 saturated heterocycles. The van der Waals surface area contributed by atoms with Crippen molar-refractivity contribution in [2.75, 3.05) is 25.6 Å². The van der Waals surface area contributed by atoms with Gasteiger partial charge in [-0.15, -0.1) is 0 Å². The molecule has 4 N–H and O–H groups in total. The van der Waals surface area contributed by atoms with E-state index >= 15 is 0 Å². The van der Waals surface area contributed by atoms with E-state index in [0.717, 1.165) is 0 Å². The second kappa shape index (κ2) is 11.1. The van der Waals surface area contributed by atoms with Crippen LogP contribution in [0, 0.1) is 11.8 Å². The molecule has 0 amide bonds. The third-order valence-corrected chi connectivity index (χ3v) is 11.8. The van der Waals surface area contributed by atoms with E-state index in [1.54, 1.807) is 12.5 Å². The molecule has 5 aromatic rings. The van der Waals surface area contributed by atoms with Gasteiger partial charge in [-0.25, -0.2) is 29.1 Å². The van der Waals surface area contributed by atoms with Crippen LogP contribution in [0.5, 0.6) is 0 Å². The summed E-state index contributed by atoms with van der Waals surface area (Å²) in [4.78, 5) is 36.9. The summed E-state index contributed by atoms with van der Waals surface area (Å²) in [6, 6.07) is -0.212. The van der Waals surface area contributed by atoms with Gasteiger partial charge in [-0.1, -0.05) is 24.5 Å². The zero-order chi connectivity index (χ0) is 32.0. The highest BCUT2D eigenvalue weighted by Gasteiger charge is 2.51. The first-order valence-electron chi connectivity index (χ1n) is 14.0. The van der Waals surface area contributed by atoms with Gasteiger partial charge < -0.3 is 34.2 Å². The first-order chi connectivity index (χ1) is 22.0. The molecule has 0 spiro atoms. The van der Waals surface area contributed by atoms with Crippen LogP contribution in [0.25, 0.3) is 28.1 Å². The first kappa shape index (κ1) is 30.5. The highest BCUT2D eigenvalue weighted by atomic mass is 32.7. The van der Waals surface area contributed by atoms with Gasteiger partial charge >= 0.3 is 13.6 Å². The molecule has 5 aromatic heterocycles. The lowest BCUT2D eigenvalue weighted by Gasteiger charge is -2.45. The highest BCUT2D eigenvalue weighted by molar-refractivity contribution is 8.44. The van der Waals surface area contributed by atoms with Gasteiger partial charge in [0.25, 0.3) is 5.56 Å². The number of ether oxygens (including phenoxy) is 1. The monoisotopic (exact) mass is 712 g/mol. The standard InChI is InChI=1S/C23H26N10O9P2S2/c24-18-14-19(27-7-26-18)32(8-28-14)12-3-10-4-38-44(37,46)42-17-13(6-40-43(36,45)39-5-11(10)12)41-22(16(17)34)33-9-29-15-20(33)30-23-25-1-2-31(23)21(15)35/h1-2,7-13,16-17,22,34H,3-6H2,(H,25,30)(H,36,45)(H,37,46)(H2,24,26,27)/t10-,11-,12-,13-,16-,17-,22-,43?,44?/m1/s1. The van der Waals surface area contributed by atoms with E-state index < -0.39 is 50.3 Å². The Morgan fingerprint density at radius 3 is 2.59 bits per heavy atom. The Morgan fingerprint density at radius 1 is 0.978 bits per heavy atom. The van der Waals surface area contributed by atoms with Crippen molar-refractivity contribution in [2.24, 2.45) is 11.8 Å². The first-order valence-corrected chi connectivity index (χ1v) is 19.4. The summed E-state index contributed by atoms with van der Waals surface area (Å²) in [5, 5.41) is 11.4. The Morgan fingerprint density at radius 2 is 1.74 bits per heavy atom. The quantitative estimate of drug-likeness (QED) is 0.129. The van der Waals surface area contributed by atoms with Crippen molar-refractivity contribution >= 4 is 72.0 Å². The predicted molar refractivity (Wildman–Crippen MR) is 165 cm³/mol. The average molecular weight is 713 g/mol. The molecule has 8 rings (SSSR count). The normalized spacial score (nSPS) is 35.7. The Labute approximate surface area is 268 Å². The Kier molecular flexibility index (Phi) is 7.37. The number of nitrogen functional groups attached to an aromatic ring is 1. The van der Waals surface area contributed by atoms with E-state index in [2.05, 4.69) is 54.4 Å². The van der Waals surface area contributed by atoms with Crippen molar-refractivity contribution in [3.63, 3.8) is 0 Å². The molecule has 9 atom stereocenters. The smallest absolute Gasteiger partial charge is 0.386 e. The fourth-order valence-corrected chi connectivity index (χ4v) is 8.92. The summed E-state index contributed by atoms with van der Waals surface area (Å²) in [7, 11) is 0. The van der Waals surface area contributed by atoms with Crippen LogP contribution in [0.4, 0.5) is 5.82 Å². The number of nitrogens with zero attached hydrogens (tertiary/aromatic N) is 8. The number of thiol groups is 2. The largest absolute Gasteiger partial charge is 0.386 e. The molecule has 19 nitrogen and oxygen atoms in total. The van der Waals surface area contributed by atoms with Gasteiger partial charge in [0.05, 0.1) is 32.5 Å². The van der Waals surface area contributed by atoms with E-state index in [1.807, 2.05) is 4.57 Å². The number of hydrogen-bond donors (Lipinski definition) is 5. The number of H-pyrrole nitrogens is 1. The van der Waals surface area contributed by atoms with Crippen LogP contribution in [0.1, 0.15) is 18.7 Å². The van der Waals surface area contributed by atoms with Crippen molar-refractivity contribution in [1.82, 2.24) is 43.4 Å². The number of aliphatic hydroxyl groups excluding tert-OH is 1. The van der Waals surface area contributed by atoms with E-state index in [-0.39, 0.29) is 53.9 Å². The second-order valence-corrected chi connectivity index (χ2v) is 17.0. The van der Waals surface area contributed by atoms with E-state index in [4.69, 9.17) is 28.6 Å². The molecule has 244 valence electrons. The summed E-state index contributed by atoms with van der Waals surface area (Å²) in [5.41, 5.74) is 6.61. The lowest BCUT2D eigenvalue weighted by atomic mass is 9.70. The zero-order valence-electron chi connectivity index (χ0n) is 23.4. The number of rotatable bonds is 2. The zero-order valence-corrected chi connectivity index (χ0v) is 27.0. The lowest BCUT2D eigenvalue weighted by Crippen LogP contribution is -2.43. The number of nitrogens with one attached hydrogen (secondary N) is 1. The maximum atomic E-state index is 13.5. The number of anilines is 1. The number of nitrogens with two attached hydrogens (primary N) is 1. The Balaban J connectivity index is 1.06. The number of hydrogen-bond acceptors (Lipinski definition) is 15. The van der Waals surface area contributed by atoms with Crippen LogP contribution in [0.15, 0.2) is 36.2 Å². The summed E-state index contributed by atoms with van der Waals surface area (Å²) in [5.74, 6) is -0.0714. The molecule has 46 heavy (non-hydrogen) atoms. The molecular formula is C23H26N10O9P2S2. The molecule has 3 fully saturated rings. The Bertz CT molecular complexity index is 2140. The van der Waals surface area contributed by atoms with Gasteiger partial charge in [0.15, 0.2) is 28.9 Å². The fraction of sp³-hybridized carbons (Fsp3) is 0.478. The molecule has 23 heteroatoms. The maximum absolute atomic E-state index is 13.5. The maximum Gasteiger partial charge on any atom is 0.386 e. The molecule has 1 aliphatic carbocycles. The van der Waals surface area contributed by atoms with Crippen molar-refractivity contribution in [3.05, 3.63) is 41.7 Å². The van der Waals surface area contributed by atoms with Gasteiger partial charge in [-0.3, -0.25) is 22.8 Å². The molecule has 0 aromatic carbocycles. The lowest BCUT2D eigenvalue weighted by molar-refractivity contribution is -0.0484. The third-order valence-electron chi connectivity index (χ3n) is 8.58. The molecule has 7 heterocycles. The van der Waals surface area contributed by atoms with Crippen LogP contribution in [-0.2, 0) is 32.0 Å². The molecule has 0 radical (unpaired) electrons. The van der Waals surface area contributed by atoms with E-state index in [0.29, 0.717) is 17.6 Å². The number of aromatic amines is 1. The number of imidazole rings is 3. The van der Waals surface area contributed by atoms with Gasteiger partial charge in [0.2, 0.25) is 5.78 Å². The van der Waals surface area contributed by atoms with Gasteiger partial charge in [0, 0.05) is 24.4 Å². The molecular weight excluding hydrogens is 686 g/mol. The third kappa shape index (κ3) is 5.09. The topological polar surface area (TPSA) is 238 Å². The van der Waals surface area contributed by atoms with Gasteiger partial charge in [0.1, 0.15) is 30.2 Å².